The van der Waals surface area contributed by atoms with Gasteiger partial charge >= 0.3 is 0 Å². The molecular weight excluding hydrogens is 316 g/mol. The maximum atomic E-state index is 12.6. The minimum absolute atomic E-state index is 0.0983. The van der Waals surface area contributed by atoms with Crippen LogP contribution in [0.15, 0.2) is 0 Å². The van der Waals surface area contributed by atoms with Crippen molar-refractivity contribution >= 4 is 17.2 Å². The summed E-state index contributed by atoms with van der Waals surface area (Å²) in [6.45, 7) is 7.88. The standard InChI is InChI=1S/C15H24N4O3S/c1-2-22-15-17-16-13(23-15)11-18-5-3-4-12(10-18)14(20)19-6-8-21-9-7-19/h12H,2-11H2,1H3/t12-/m1/s1. The molecule has 2 saturated heterocycles. The monoisotopic (exact) mass is 340 g/mol. The number of aromatic nitrogens is 2. The van der Waals surface area contributed by atoms with Crippen LogP contribution in [-0.2, 0) is 16.1 Å². The first-order valence-corrected chi connectivity index (χ1v) is 9.12. The van der Waals surface area contributed by atoms with Crippen molar-refractivity contribution in [1.82, 2.24) is 20.0 Å². The van der Waals surface area contributed by atoms with Gasteiger partial charge in [-0.1, -0.05) is 11.3 Å². The molecule has 0 aliphatic carbocycles. The maximum Gasteiger partial charge on any atom is 0.294 e. The van der Waals surface area contributed by atoms with Gasteiger partial charge in [0.2, 0.25) is 5.91 Å². The van der Waals surface area contributed by atoms with Crippen molar-refractivity contribution in [1.29, 1.82) is 0 Å². The van der Waals surface area contributed by atoms with Gasteiger partial charge in [0.05, 0.1) is 32.3 Å². The maximum absolute atomic E-state index is 12.6. The Morgan fingerprint density at radius 1 is 1.35 bits per heavy atom. The van der Waals surface area contributed by atoms with Gasteiger partial charge in [0.25, 0.3) is 5.19 Å². The second kappa shape index (κ2) is 8.03. The Balaban J connectivity index is 1.53. The van der Waals surface area contributed by atoms with E-state index < -0.39 is 0 Å². The van der Waals surface area contributed by atoms with Crippen molar-refractivity contribution in [3.8, 4) is 5.19 Å². The number of hydrogen-bond donors (Lipinski definition) is 0. The van der Waals surface area contributed by atoms with Gasteiger partial charge in [-0.3, -0.25) is 9.69 Å². The van der Waals surface area contributed by atoms with Gasteiger partial charge < -0.3 is 14.4 Å². The molecule has 7 nitrogen and oxygen atoms in total. The van der Waals surface area contributed by atoms with Crippen LogP contribution in [-0.4, -0.2) is 71.9 Å². The molecule has 23 heavy (non-hydrogen) atoms. The third kappa shape index (κ3) is 4.39. The van der Waals surface area contributed by atoms with Crippen LogP contribution in [0.3, 0.4) is 0 Å². The highest BCUT2D eigenvalue weighted by Crippen LogP contribution is 2.24. The molecule has 0 unspecified atom stereocenters. The number of likely N-dealkylation sites (tertiary alicyclic amines) is 1. The lowest BCUT2D eigenvalue weighted by molar-refractivity contribution is -0.141. The summed E-state index contributed by atoms with van der Waals surface area (Å²) in [4.78, 5) is 16.9. The van der Waals surface area contributed by atoms with Gasteiger partial charge in [-0.2, -0.15) is 0 Å². The third-order valence-corrected chi connectivity index (χ3v) is 5.07. The topological polar surface area (TPSA) is 67.8 Å². The zero-order chi connectivity index (χ0) is 16.1. The van der Waals surface area contributed by atoms with Crippen molar-refractivity contribution in [2.75, 3.05) is 46.0 Å². The Morgan fingerprint density at radius 3 is 2.96 bits per heavy atom. The molecule has 1 atom stereocenters. The van der Waals surface area contributed by atoms with Gasteiger partial charge in [0.1, 0.15) is 5.01 Å². The second-order valence-electron chi connectivity index (χ2n) is 5.91. The summed E-state index contributed by atoms with van der Waals surface area (Å²) in [5.41, 5.74) is 0. The van der Waals surface area contributed by atoms with E-state index in [1.807, 2.05) is 11.8 Å². The fourth-order valence-corrected chi connectivity index (χ4v) is 3.91. The van der Waals surface area contributed by atoms with E-state index in [1.165, 1.54) is 11.3 Å². The highest BCUT2D eigenvalue weighted by atomic mass is 32.1. The Hall–Kier alpha value is -1.25. The summed E-state index contributed by atoms with van der Waals surface area (Å²) in [7, 11) is 0. The third-order valence-electron chi connectivity index (χ3n) is 4.25. The second-order valence-corrected chi connectivity index (χ2v) is 6.93. The molecular formula is C15H24N4O3S. The van der Waals surface area contributed by atoms with Crippen LogP contribution < -0.4 is 4.74 Å². The van der Waals surface area contributed by atoms with Crippen LogP contribution >= 0.6 is 11.3 Å². The van der Waals surface area contributed by atoms with Crippen molar-refractivity contribution in [2.24, 2.45) is 5.92 Å². The number of morpholine rings is 1. The first kappa shape index (κ1) is 16.6. The van der Waals surface area contributed by atoms with E-state index in [0.29, 0.717) is 25.0 Å². The Kier molecular flexibility index (Phi) is 5.80. The molecule has 8 heteroatoms. The average Bonchev–Trinajstić information content (AvgIpc) is 3.03. The summed E-state index contributed by atoms with van der Waals surface area (Å²) >= 11 is 1.49. The molecule has 3 heterocycles. The lowest BCUT2D eigenvalue weighted by Crippen LogP contribution is -2.48. The molecule has 2 aliphatic heterocycles. The molecule has 1 amide bonds. The molecule has 0 aromatic carbocycles. The smallest absolute Gasteiger partial charge is 0.294 e. The van der Waals surface area contributed by atoms with Crippen LogP contribution in [0.2, 0.25) is 0 Å². The molecule has 0 N–H and O–H groups in total. The zero-order valence-electron chi connectivity index (χ0n) is 13.6. The summed E-state index contributed by atoms with van der Waals surface area (Å²) in [5.74, 6) is 0.381. The van der Waals surface area contributed by atoms with Gasteiger partial charge in [0, 0.05) is 19.6 Å². The van der Waals surface area contributed by atoms with E-state index in [4.69, 9.17) is 9.47 Å². The van der Waals surface area contributed by atoms with E-state index in [9.17, 15) is 4.79 Å². The molecule has 2 fully saturated rings. The van der Waals surface area contributed by atoms with Crippen LogP contribution in [0.25, 0.3) is 0 Å². The Morgan fingerprint density at radius 2 is 2.17 bits per heavy atom. The van der Waals surface area contributed by atoms with E-state index in [2.05, 4.69) is 15.1 Å². The van der Waals surface area contributed by atoms with E-state index in [-0.39, 0.29) is 11.8 Å². The fourth-order valence-electron chi connectivity index (χ4n) is 3.12. The lowest BCUT2D eigenvalue weighted by atomic mass is 9.96. The molecule has 0 saturated carbocycles. The SMILES string of the molecule is CCOc1nnc(CN2CCC[C@@H](C(=O)N3CCOCC3)C2)s1. The van der Waals surface area contributed by atoms with Crippen molar-refractivity contribution < 1.29 is 14.3 Å². The molecule has 128 valence electrons. The largest absolute Gasteiger partial charge is 0.469 e. The number of amides is 1. The minimum atomic E-state index is 0.0983. The van der Waals surface area contributed by atoms with Crippen LogP contribution in [0.5, 0.6) is 5.19 Å². The van der Waals surface area contributed by atoms with Crippen LogP contribution in [0.1, 0.15) is 24.8 Å². The van der Waals surface area contributed by atoms with Gasteiger partial charge in [-0.15, -0.1) is 10.2 Å². The van der Waals surface area contributed by atoms with E-state index >= 15 is 0 Å². The number of carbonyl (C=O) groups is 1. The minimum Gasteiger partial charge on any atom is -0.469 e. The lowest BCUT2D eigenvalue weighted by Gasteiger charge is -2.35. The molecule has 0 spiro atoms. The van der Waals surface area contributed by atoms with E-state index in [1.54, 1.807) is 0 Å². The predicted molar refractivity (Wildman–Crippen MR) is 86.5 cm³/mol. The highest BCUT2D eigenvalue weighted by Gasteiger charge is 2.30. The Bertz CT molecular complexity index is 519. The molecule has 3 rings (SSSR count). The quantitative estimate of drug-likeness (QED) is 0.797. The highest BCUT2D eigenvalue weighted by molar-refractivity contribution is 7.13. The number of ether oxygens (including phenoxy) is 2. The molecule has 1 aromatic heterocycles. The zero-order valence-corrected chi connectivity index (χ0v) is 14.4. The summed E-state index contributed by atoms with van der Waals surface area (Å²) in [6, 6.07) is 0. The predicted octanol–water partition coefficient (Wildman–Crippen LogP) is 1.01. The average molecular weight is 340 g/mol. The van der Waals surface area contributed by atoms with Crippen molar-refractivity contribution in [2.45, 2.75) is 26.3 Å². The summed E-state index contributed by atoms with van der Waals surface area (Å²) in [6.07, 6.45) is 2.03. The number of piperidine rings is 1. The normalized spacial score (nSPS) is 23.0. The van der Waals surface area contributed by atoms with Gasteiger partial charge in [-0.25, -0.2) is 0 Å². The van der Waals surface area contributed by atoms with Gasteiger partial charge in [0.15, 0.2) is 0 Å². The summed E-state index contributed by atoms with van der Waals surface area (Å²) in [5, 5.41) is 9.79. The Labute approximate surface area is 140 Å². The number of carbonyl (C=O) groups excluding carboxylic acids is 1. The first-order valence-electron chi connectivity index (χ1n) is 8.30. The molecule has 0 bridgehead atoms. The molecule has 1 aromatic rings. The van der Waals surface area contributed by atoms with Crippen molar-refractivity contribution in [3.05, 3.63) is 5.01 Å². The first-order chi connectivity index (χ1) is 11.3. The van der Waals surface area contributed by atoms with E-state index in [0.717, 1.165) is 50.6 Å². The molecule has 0 radical (unpaired) electrons. The van der Waals surface area contributed by atoms with Gasteiger partial charge in [-0.05, 0) is 26.3 Å². The number of hydrogen-bond acceptors (Lipinski definition) is 7. The molecule has 2 aliphatic rings. The van der Waals surface area contributed by atoms with Crippen LogP contribution in [0.4, 0.5) is 0 Å². The number of nitrogens with zero attached hydrogens (tertiary/aromatic N) is 4. The number of rotatable bonds is 5. The summed E-state index contributed by atoms with van der Waals surface area (Å²) < 4.78 is 10.7. The van der Waals surface area contributed by atoms with Crippen LogP contribution in [0, 0.1) is 5.92 Å². The van der Waals surface area contributed by atoms with Crippen molar-refractivity contribution in [3.63, 3.8) is 0 Å². The fraction of sp³-hybridized carbons (Fsp3) is 0.800.